The van der Waals surface area contributed by atoms with Crippen LogP contribution in [-0.4, -0.2) is 0 Å². The summed E-state index contributed by atoms with van der Waals surface area (Å²) in [5.41, 5.74) is 2.53. The standard InChI is InChI=1S/C20H14S/c1-2-6-17-13-15(9-11-16(17)5-1)10-12-18-14-21-20-8-4-3-7-19(18)20/h1-14H/b12-10-. The average Bonchev–Trinajstić information content (AvgIpc) is 2.96. The minimum absolute atomic E-state index is 1.24. The molecule has 0 atom stereocenters. The predicted molar refractivity (Wildman–Crippen MR) is 94.7 cm³/mol. The lowest BCUT2D eigenvalue weighted by Gasteiger charge is -1.99. The molecule has 1 aromatic heterocycles. The van der Waals surface area contributed by atoms with Gasteiger partial charge in [0, 0.05) is 4.70 Å². The minimum Gasteiger partial charge on any atom is -0.143 e. The molecule has 0 fully saturated rings. The van der Waals surface area contributed by atoms with E-state index >= 15 is 0 Å². The largest absolute Gasteiger partial charge is 0.143 e. The predicted octanol–water partition coefficient (Wildman–Crippen LogP) is 6.22. The lowest BCUT2D eigenvalue weighted by atomic mass is 10.1. The van der Waals surface area contributed by atoms with Crippen molar-refractivity contribution in [1.82, 2.24) is 0 Å². The maximum absolute atomic E-state index is 2.24. The van der Waals surface area contributed by atoms with Gasteiger partial charge in [0.2, 0.25) is 0 Å². The van der Waals surface area contributed by atoms with Gasteiger partial charge < -0.3 is 0 Å². The SMILES string of the molecule is C(=C/c1csc2ccccc12)/c1ccc2ccccc2c1. The molecular weight excluding hydrogens is 272 g/mol. The second-order valence-electron chi connectivity index (χ2n) is 5.13. The summed E-state index contributed by atoms with van der Waals surface area (Å²) >= 11 is 1.80. The summed E-state index contributed by atoms with van der Waals surface area (Å²) in [6.07, 6.45) is 4.41. The number of rotatable bonds is 2. The molecule has 0 saturated carbocycles. The van der Waals surface area contributed by atoms with Crippen LogP contribution >= 0.6 is 11.3 Å². The number of hydrogen-bond donors (Lipinski definition) is 0. The topological polar surface area (TPSA) is 0 Å². The van der Waals surface area contributed by atoms with Crippen molar-refractivity contribution in [1.29, 1.82) is 0 Å². The van der Waals surface area contributed by atoms with Crippen LogP contribution in [0.4, 0.5) is 0 Å². The van der Waals surface area contributed by atoms with Gasteiger partial charge in [-0.05, 0) is 44.8 Å². The van der Waals surface area contributed by atoms with Crippen molar-refractivity contribution in [2.24, 2.45) is 0 Å². The van der Waals surface area contributed by atoms with Gasteiger partial charge in [0.1, 0.15) is 0 Å². The molecule has 4 rings (SSSR count). The summed E-state index contributed by atoms with van der Waals surface area (Å²) in [7, 11) is 0. The average molecular weight is 286 g/mol. The zero-order valence-corrected chi connectivity index (χ0v) is 12.3. The van der Waals surface area contributed by atoms with Crippen molar-refractivity contribution in [3.63, 3.8) is 0 Å². The fourth-order valence-corrected chi connectivity index (χ4v) is 3.55. The highest BCUT2D eigenvalue weighted by atomic mass is 32.1. The van der Waals surface area contributed by atoms with Gasteiger partial charge in [0.15, 0.2) is 0 Å². The fourth-order valence-electron chi connectivity index (χ4n) is 2.62. The van der Waals surface area contributed by atoms with Crippen molar-refractivity contribution in [3.8, 4) is 0 Å². The maximum Gasteiger partial charge on any atom is 0.0348 e. The summed E-state index contributed by atoms with van der Waals surface area (Å²) in [4.78, 5) is 0. The van der Waals surface area contributed by atoms with Crippen molar-refractivity contribution >= 4 is 44.3 Å². The van der Waals surface area contributed by atoms with E-state index in [2.05, 4.69) is 84.3 Å². The second-order valence-corrected chi connectivity index (χ2v) is 6.04. The van der Waals surface area contributed by atoms with Crippen molar-refractivity contribution in [3.05, 3.63) is 83.2 Å². The molecule has 4 aromatic rings. The Bertz CT molecular complexity index is 944. The first kappa shape index (κ1) is 12.4. The van der Waals surface area contributed by atoms with E-state index < -0.39 is 0 Å². The van der Waals surface area contributed by atoms with Gasteiger partial charge in [-0.15, -0.1) is 11.3 Å². The summed E-state index contributed by atoms with van der Waals surface area (Å²) in [6.45, 7) is 0. The summed E-state index contributed by atoms with van der Waals surface area (Å²) in [5.74, 6) is 0. The van der Waals surface area contributed by atoms with E-state index in [-0.39, 0.29) is 0 Å². The van der Waals surface area contributed by atoms with Crippen LogP contribution < -0.4 is 0 Å². The Hall–Kier alpha value is -2.38. The lowest BCUT2D eigenvalue weighted by molar-refractivity contribution is 1.71. The molecule has 0 nitrogen and oxygen atoms in total. The zero-order valence-electron chi connectivity index (χ0n) is 11.5. The zero-order chi connectivity index (χ0) is 14.1. The molecule has 21 heavy (non-hydrogen) atoms. The Morgan fingerprint density at radius 3 is 2.48 bits per heavy atom. The quantitative estimate of drug-likeness (QED) is 0.410. The molecule has 0 amide bonds. The van der Waals surface area contributed by atoms with E-state index in [1.54, 1.807) is 11.3 Å². The van der Waals surface area contributed by atoms with Gasteiger partial charge in [-0.1, -0.05) is 66.7 Å². The first-order valence-corrected chi connectivity index (χ1v) is 7.91. The van der Waals surface area contributed by atoms with E-state index in [0.717, 1.165) is 0 Å². The van der Waals surface area contributed by atoms with Crippen molar-refractivity contribution in [2.75, 3.05) is 0 Å². The Kier molecular flexibility index (Phi) is 3.06. The minimum atomic E-state index is 1.24. The lowest BCUT2D eigenvalue weighted by Crippen LogP contribution is -1.75. The molecule has 0 aliphatic carbocycles. The molecule has 1 heterocycles. The van der Waals surface area contributed by atoms with Gasteiger partial charge in [0.25, 0.3) is 0 Å². The number of thiophene rings is 1. The highest BCUT2D eigenvalue weighted by Gasteiger charge is 1.99. The van der Waals surface area contributed by atoms with E-state index in [4.69, 9.17) is 0 Å². The van der Waals surface area contributed by atoms with Crippen LogP contribution in [0.3, 0.4) is 0 Å². The van der Waals surface area contributed by atoms with Crippen molar-refractivity contribution in [2.45, 2.75) is 0 Å². The van der Waals surface area contributed by atoms with Crippen LogP contribution in [0.2, 0.25) is 0 Å². The summed E-state index contributed by atoms with van der Waals surface area (Å²) < 4.78 is 1.34. The van der Waals surface area contributed by atoms with Crippen LogP contribution in [0.1, 0.15) is 11.1 Å². The Balaban J connectivity index is 1.73. The Labute approximate surface area is 128 Å². The molecule has 0 radical (unpaired) electrons. The van der Waals surface area contributed by atoms with Gasteiger partial charge in [-0.3, -0.25) is 0 Å². The third kappa shape index (κ3) is 2.37. The molecule has 0 bridgehead atoms. The maximum atomic E-state index is 2.24. The molecule has 1 heteroatoms. The highest BCUT2D eigenvalue weighted by Crippen LogP contribution is 2.27. The third-order valence-corrected chi connectivity index (χ3v) is 4.72. The first-order chi connectivity index (χ1) is 10.4. The molecule has 0 unspecified atom stereocenters. The van der Waals surface area contributed by atoms with E-state index in [1.807, 2.05) is 0 Å². The van der Waals surface area contributed by atoms with Crippen LogP contribution in [-0.2, 0) is 0 Å². The normalized spacial score (nSPS) is 11.6. The molecule has 0 N–H and O–H groups in total. The van der Waals surface area contributed by atoms with Gasteiger partial charge in [-0.2, -0.15) is 0 Å². The fraction of sp³-hybridized carbons (Fsp3) is 0. The third-order valence-electron chi connectivity index (χ3n) is 3.74. The van der Waals surface area contributed by atoms with Gasteiger partial charge in [-0.25, -0.2) is 0 Å². The van der Waals surface area contributed by atoms with E-state index in [1.165, 1.54) is 32.0 Å². The first-order valence-electron chi connectivity index (χ1n) is 7.03. The molecule has 0 saturated heterocycles. The van der Waals surface area contributed by atoms with Crippen LogP contribution in [0.5, 0.6) is 0 Å². The molecule has 0 spiro atoms. The molecular formula is C20H14S. The summed E-state index contributed by atoms with van der Waals surface area (Å²) in [5, 5.41) is 6.13. The molecule has 100 valence electrons. The molecule has 3 aromatic carbocycles. The molecule has 0 aliphatic rings. The Morgan fingerprint density at radius 2 is 1.52 bits per heavy atom. The van der Waals surface area contributed by atoms with Crippen molar-refractivity contribution < 1.29 is 0 Å². The smallest absolute Gasteiger partial charge is 0.0348 e. The number of hydrogen-bond acceptors (Lipinski definition) is 1. The number of benzene rings is 3. The van der Waals surface area contributed by atoms with Crippen LogP contribution in [0.15, 0.2) is 72.1 Å². The highest BCUT2D eigenvalue weighted by molar-refractivity contribution is 7.17. The van der Waals surface area contributed by atoms with Gasteiger partial charge in [0.05, 0.1) is 0 Å². The van der Waals surface area contributed by atoms with Crippen LogP contribution in [0, 0.1) is 0 Å². The Morgan fingerprint density at radius 1 is 0.714 bits per heavy atom. The van der Waals surface area contributed by atoms with E-state index in [0.29, 0.717) is 0 Å². The monoisotopic (exact) mass is 286 g/mol. The number of fused-ring (bicyclic) bond motifs is 2. The van der Waals surface area contributed by atoms with Gasteiger partial charge >= 0.3 is 0 Å². The molecule has 0 aliphatic heterocycles. The van der Waals surface area contributed by atoms with Crippen LogP contribution in [0.25, 0.3) is 33.0 Å². The van der Waals surface area contributed by atoms with E-state index in [9.17, 15) is 0 Å². The second kappa shape index (κ2) is 5.19. The summed E-state index contributed by atoms with van der Waals surface area (Å²) in [6, 6.07) is 23.6.